The fourth-order valence-electron chi connectivity index (χ4n) is 1.49. The van der Waals surface area contributed by atoms with E-state index >= 15 is 0 Å². The van der Waals surface area contributed by atoms with Crippen molar-refractivity contribution < 1.29 is 4.74 Å². The van der Waals surface area contributed by atoms with Gasteiger partial charge in [-0.2, -0.15) is 0 Å². The van der Waals surface area contributed by atoms with E-state index in [1.54, 1.807) is 6.07 Å². The summed E-state index contributed by atoms with van der Waals surface area (Å²) in [6, 6.07) is 1.75. The Hall–Kier alpha value is -1.36. The van der Waals surface area contributed by atoms with Crippen LogP contribution in [0.5, 0.6) is 0 Å². The minimum atomic E-state index is -0.108. The van der Waals surface area contributed by atoms with Gasteiger partial charge in [0.2, 0.25) is 0 Å². The maximum atomic E-state index is 5.80. The van der Waals surface area contributed by atoms with Crippen LogP contribution in [0.15, 0.2) is 6.07 Å². The number of aromatic nitrogens is 2. The Kier molecular flexibility index (Phi) is 6.02. The summed E-state index contributed by atoms with van der Waals surface area (Å²) >= 11 is 0. The Labute approximate surface area is 116 Å². The molecule has 0 saturated heterocycles. The molecule has 5 heteroatoms. The van der Waals surface area contributed by atoms with Gasteiger partial charge in [-0.1, -0.05) is 34.1 Å². The third-order valence-electron chi connectivity index (χ3n) is 2.61. The summed E-state index contributed by atoms with van der Waals surface area (Å²) in [6.45, 7) is 10.6. The first-order valence-electron chi connectivity index (χ1n) is 6.90. The molecule has 0 aromatic carbocycles. The van der Waals surface area contributed by atoms with E-state index in [2.05, 4.69) is 43.0 Å². The quantitative estimate of drug-likeness (QED) is 0.742. The van der Waals surface area contributed by atoms with Crippen molar-refractivity contribution >= 4 is 11.6 Å². The fourth-order valence-corrected chi connectivity index (χ4v) is 1.49. The van der Waals surface area contributed by atoms with Gasteiger partial charge in [0.25, 0.3) is 0 Å². The second kappa shape index (κ2) is 7.28. The number of hydrogen-bond donors (Lipinski definition) is 2. The molecule has 0 amide bonds. The van der Waals surface area contributed by atoms with Crippen LogP contribution in [-0.4, -0.2) is 29.7 Å². The van der Waals surface area contributed by atoms with Gasteiger partial charge in [0.1, 0.15) is 17.5 Å². The number of unbranched alkanes of at least 4 members (excludes halogenated alkanes) is 1. The molecule has 108 valence electrons. The van der Waals surface area contributed by atoms with Crippen LogP contribution in [0.3, 0.4) is 0 Å². The first-order valence-corrected chi connectivity index (χ1v) is 6.90. The average molecular weight is 266 g/mol. The Morgan fingerprint density at radius 3 is 2.63 bits per heavy atom. The highest BCUT2D eigenvalue weighted by Gasteiger charge is 2.18. The van der Waals surface area contributed by atoms with Crippen molar-refractivity contribution in [1.82, 2.24) is 9.97 Å². The number of nitrogen functional groups attached to an aromatic ring is 1. The highest BCUT2D eigenvalue weighted by atomic mass is 16.5. The van der Waals surface area contributed by atoms with Crippen LogP contribution < -0.4 is 11.1 Å². The van der Waals surface area contributed by atoms with Crippen molar-refractivity contribution in [2.75, 3.05) is 30.8 Å². The molecule has 0 aliphatic rings. The summed E-state index contributed by atoms with van der Waals surface area (Å²) in [5.74, 6) is 2.01. The molecule has 0 atom stereocenters. The molecular weight excluding hydrogens is 240 g/mol. The lowest BCUT2D eigenvalue weighted by Crippen LogP contribution is -2.19. The topological polar surface area (TPSA) is 73.1 Å². The van der Waals surface area contributed by atoms with E-state index in [1.165, 1.54) is 0 Å². The first-order chi connectivity index (χ1) is 8.93. The van der Waals surface area contributed by atoms with E-state index < -0.39 is 0 Å². The van der Waals surface area contributed by atoms with E-state index in [0.29, 0.717) is 12.4 Å². The summed E-state index contributed by atoms with van der Waals surface area (Å²) < 4.78 is 5.49. The third kappa shape index (κ3) is 5.87. The van der Waals surface area contributed by atoms with Crippen LogP contribution in [0.2, 0.25) is 0 Å². The molecule has 5 nitrogen and oxygen atoms in total. The SMILES string of the molecule is CCCCOCCNc1cc(N)nc(C(C)(C)C)n1. The zero-order chi connectivity index (χ0) is 14.3. The molecule has 0 bridgehead atoms. The van der Waals surface area contributed by atoms with E-state index in [4.69, 9.17) is 10.5 Å². The zero-order valence-corrected chi connectivity index (χ0v) is 12.5. The predicted octanol–water partition coefficient (Wildman–Crippen LogP) is 2.58. The van der Waals surface area contributed by atoms with E-state index in [1.807, 2.05) is 0 Å². The lowest BCUT2D eigenvalue weighted by molar-refractivity contribution is 0.141. The first kappa shape index (κ1) is 15.7. The zero-order valence-electron chi connectivity index (χ0n) is 12.5. The van der Waals surface area contributed by atoms with E-state index in [9.17, 15) is 0 Å². The highest BCUT2D eigenvalue weighted by molar-refractivity contribution is 5.45. The summed E-state index contributed by atoms with van der Waals surface area (Å²) in [5.41, 5.74) is 5.70. The van der Waals surface area contributed by atoms with Gasteiger partial charge in [-0.25, -0.2) is 9.97 Å². The minimum Gasteiger partial charge on any atom is -0.384 e. The maximum Gasteiger partial charge on any atom is 0.138 e. The Bertz CT molecular complexity index is 388. The van der Waals surface area contributed by atoms with Crippen molar-refractivity contribution in [3.8, 4) is 0 Å². The largest absolute Gasteiger partial charge is 0.384 e. The van der Waals surface area contributed by atoms with Crippen molar-refractivity contribution in [3.05, 3.63) is 11.9 Å². The lowest BCUT2D eigenvalue weighted by atomic mass is 9.96. The third-order valence-corrected chi connectivity index (χ3v) is 2.61. The predicted molar refractivity (Wildman–Crippen MR) is 79.4 cm³/mol. The molecule has 0 aliphatic carbocycles. The fraction of sp³-hybridized carbons (Fsp3) is 0.714. The number of anilines is 2. The maximum absolute atomic E-state index is 5.80. The molecule has 0 spiro atoms. The van der Waals surface area contributed by atoms with E-state index in [0.717, 1.165) is 37.6 Å². The van der Waals surface area contributed by atoms with Gasteiger partial charge in [-0.3, -0.25) is 0 Å². The molecule has 1 aromatic rings. The highest BCUT2D eigenvalue weighted by Crippen LogP contribution is 2.20. The van der Waals surface area contributed by atoms with Crippen molar-refractivity contribution in [1.29, 1.82) is 0 Å². The molecule has 0 unspecified atom stereocenters. The lowest BCUT2D eigenvalue weighted by Gasteiger charge is -2.18. The summed E-state index contributed by atoms with van der Waals surface area (Å²) in [7, 11) is 0. The van der Waals surface area contributed by atoms with Gasteiger partial charge >= 0.3 is 0 Å². The Morgan fingerprint density at radius 2 is 2.00 bits per heavy atom. The standard InChI is InChI=1S/C14H26N4O/c1-5-6-8-19-9-7-16-12-10-11(15)17-13(18-12)14(2,3)4/h10H,5-9H2,1-4H3,(H3,15,16,17,18). The van der Waals surface area contributed by atoms with Gasteiger partial charge in [0, 0.05) is 24.6 Å². The number of hydrogen-bond acceptors (Lipinski definition) is 5. The van der Waals surface area contributed by atoms with Crippen molar-refractivity contribution in [2.45, 2.75) is 46.0 Å². The summed E-state index contributed by atoms with van der Waals surface area (Å²) in [5, 5.41) is 3.22. The van der Waals surface area contributed by atoms with Crippen LogP contribution in [0.1, 0.15) is 46.4 Å². The molecular formula is C14H26N4O. The van der Waals surface area contributed by atoms with Crippen molar-refractivity contribution in [3.63, 3.8) is 0 Å². The van der Waals surface area contributed by atoms with Gasteiger partial charge in [-0.15, -0.1) is 0 Å². The molecule has 0 aliphatic heterocycles. The van der Waals surface area contributed by atoms with E-state index in [-0.39, 0.29) is 5.41 Å². The number of nitrogens with two attached hydrogens (primary N) is 1. The number of nitrogens with one attached hydrogen (secondary N) is 1. The molecule has 0 fully saturated rings. The molecule has 0 saturated carbocycles. The molecule has 0 radical (unpaired) electrons. The smallest absolute Gasteiger partial charge is 0.138 e. The minimum absolute atomic E-state index is 0.108. The number of rotatable bonds is 7. The van der Waals surface area contributed by atoms with Crippen LogP contribution in [0.25, 0.3) is 0 Å². The molecule has 19 heavy (non-hydrogen) atoms. The van der Waals surface area contributed by atoms with Crippen LogP contribution in [-0.2, 0) is 10.2 Å². The second-order valence-corrected chi connectivity index (χ2v) is 5.64. The molecule has 3 N–H and O–H groups in total. The molecule has 1 aromatic heterocycles. The number of ether oxygens (including phenoxy) is 1. The second-order valence-electron chi connectivity index (χ2n) is 5.64. The molecule has 1 heterocycles. The molecule has 1 rings (SSSR count). The monoisotopic (exact) mass is 266 g/mol. The van der Waals surface area contributed by atoms with Crippen LogP contribution in [0.4, 0.5) is 11.6 Å². The number of nitrogens with zero attached hydrogens (tertiary/aromatic N) is 2. The van der Waals surface area contributed by atoms with Crippen LogP contribution >= 0.6 is 0 Å². The summed E-state index contributed by atoms with van der Waals surface area (Å²) in [6.07, 6.45) is 2.26. The van der Waals surface area contributed by atoms with Gasteiger partial charge in [0.15, 0.2) is 0 Å². The Morgan fingerprint density at radius 1 is 1.26 bits per heavy atom. The van der Waals surface area contributed by atoms with Crippen LogP contribution in [0, 0.1) is 0 Å². The average Bonchev–Trinajstić information content (AvgIpc) is 2.32. The van der Waals surface area contributed by atoms with Crippen molar-refractivity contribution in [2.24, 2.45) is 0 Å². The summed E-state index contributed by atoms with van der Waals surface area (Å²) in [4.78, 5) is 8.75. The Balaban J connectivity index is 2.48. The van der Waals surface area contributed by atoms with Gasteiger partial charge in [-0.05, 0) is 6.42 Å². The van der Waals surface area contributed by atoms with Gasteiger partial charge < -0.3 is 15.8 Å². The van der Waals surface area contributed by atoms with Gasteiger partial charge in [0.05, 0.1) is 6.61 Å². The normalized spacial score (nSPS) is 11.6.